The van der Waals surface area contributed by atoms with Gasteiger partial charge in [0.25, 0.3) is 11.8 Å². The van der Waals surface area contributed by atoms with Crippen molar-refractivity contribution in [3.63, 3.8) is 0 Å². The fourth-order valence-electron chi connectivity index (χ4n) is 5.93. The van der Waals surface area contributed by atoms with Crippen molar-refractivity contribution in [2.75, 3.05) is 75.9 Å². The number of phenolic OH excluding ortho intramolecular Hbond substituents is 1. The molecule has 6 rings (SSSR count). The minimum atomic E-state index is -0.424. The molecule has 0 radical (unpaired) electrons. The highest BCUT2D eigenvalue weighted by Gasteiger charge is 2.36. The molecule has 3 heterocycles. The van der Waals surface area contributed by atoms with E-state index in [9.17, 15) is 14.7 Å². The van der Waals surface area contributed by atoms with E-state index < -0.39 is 5.91 Å². The third-order valence-electron chi connectivity index (χ3n) is 8.23. The van der Waals surface area contributed by atoms with Crippen molar-refractivity contribution < 1.29 is 33.6 Å². The molecule has 2 amide bonds. The van der Waals surface area contributed by atoms with Crippen LogP contribution in [-0.4, -0.2) is 103 Å². The highest BCUT2D eigenvalue weighted by molar-refractivity contribution is 6.19. The number of nitrogens with one attached hydrogen (secondary N) is 2. The number of aromatic amines is 1. The number of halogens is 1. The van der Waals surface area contributed by atoms with E-state index in [1.807, 2.05) is 18.2 Å². The van der Waals surface area contributed by atoms with Gasteiger partial charge in [0.05, 0.1) is 65.2 Å². The molecule has 0 bridgehead atoms. The van der Waals surface area contributed by atoms with Crippen molar-refractivity contribution in [3.8, 4) is 11.5 Å². The molecule has 258 valence electrons. The largest absolute Gasteiger partial charge is 0.507 e. The molecule has 1 aliphatic rings. The summed E-state index contributed by atoms with van der Waals surface area (Å²) in [5.74, 6) is 0.0812. The van der Waals surface area contributed by atoms with Crippen molar-refractivity contribution in [1.29, 1.82) is 0 Å². The van der Waals surface area contributed by atoms with E-state index in [2.05, 4.69) is 20.6 Å². The molecule has 0 unspecified atom stereocenters. The van der Waals surface area contributed by atoms with Crippen LogP contribution in [0.25, 0.3) is 21.7 Å². The molecule has 1 atom stereocenters. The number of ether oxygens (including phenoxy) is 4. The van der Waals surface area contributed by atoms with E-state index in [4.69, 9.17) is 36.3 Å². The van der Waals surface area contributed by atoms with Crippen LogP contribution in [0.4, 0.5) is 11.4 Å². The molecular weight excluding hydrogens is 654 g/mol. The average molecular weight is 692 g/mol. The number of nitrogens with zero attached hydrogens (tertiary/aromatic N) is 4. The van der Waals surface area contributed by atoms with Gasteiger partial charge in [-0.15, -0.1) is 16.7 Å². The number of nitrogens with two attached hydrogens (primary N) is 1. The summed E-state index contributed by atoms with van der Waals surface area (Å²) in [6.45, 7) is 3.97. The van der Waals surface area contributed by atoms with Gasteiger partial charge in [-0.1, -0.05) is 17.3 Å². The lowest BCUT2D eigenvalue weighted by Crippen LogP contribution is -2.30. The maximum atomic E-state index is 13.9. The first-order chi connectivity index (χ1) is 23.9. The molecule has 3 aromatic carbocycles. The summed E-state index contributed by atoms with van der Waals surface area (Å²) in [7, 11) is 1.57. The van der Waals surface area contributed by atoms with Crippen LogP contribution in [0, 0.1) is 0 Å². The molecule has 15 heteroatoms. The van der Waals surface area contributed by atoms with E-state index in [-0.39, 0.29) is 29.1 Å². The van der Waals surface area contributed by atoms with Crippen molar-refractivity contribution in [2.45, 2.75) is 12.5 Å². The van der Waals surface area contributed by atoms with Gasteiger partial charge >= 0.3 is 0 Å². The normalized spacial score (nSPS) is 14.1. The fraction of sp³-hybridized carbons (Fsp3) is 0.353. The number of methoxy groups -OCH3 is 1. The van der Waals surface area contributed by atoms with Crippen LogP contribution in [0.2, 0.25) is 0 Å². The highest BCUT2D eigenvalue weighted by atomic mass is 35.5. The summed E-state index contributed by atoms with van der Waals surface area (Å²) >= 11 is 6.41. The second-order valence-electron chi connectivity index (χ2n) is 11.4. The highest BCUT2D eigenvalue weighted by Crippen LogP contribution is 2.48. The number of carbonyl (C=O) groups excluding carboxylic acids is 2. The minimum absolute atomic E-state index is 0.0493. The van der Waals surface area contributed by atoms with E-state index in [1.54, 1.807) is 48.5 Å². The van der Waals surface area contributed by atoms with Gasteiger partial charge in [-0.3, -0.25) is 9.59 Å². The van der Waals surface area contributed by atoms with Crippen LogP contribution in [0.15, 0.2) is 54.7 Å². The van der Waals surface area contributed by atoms with E-state index in [1.165, 1.54) is 4.68 Å². The first-order valence-corrected chi connectivity index (χ1v) is 16.4. The first-order valence-electron chi connectivity index (χ1n) is 15.9. The van der Waals surface area contributed by atoms with E-state index in [0.717, 1.165) is 16.3 Å². The van der Waals surface area contributed by atoms with Crippen LogP contribution in [0.3, 0.4) is 0 Å². The molecular formula is C34H38ClN7O7. The van der Waals surface area contributed by atoms with Gasteiger partial charge in [-0.05, 0) is 35.9 Å². The molecule has 5 N–H and O–H groups in total. The Morgan fingerprint density at radius 3 is 2.59 bits per heavy atom. The summed E-state index contributed by atoms with van der Waals surface area (Å²) in [6.07, 6.45) is 1.55. The second kappa shape index (κ2) is 15.7. The maximum absolute atomic E-state index is 13.9. The van der Waals surface area contributed by atoms with Crippen LogP contribution in [-0.2, 0) is 20.8 Å². The molecule has 2 aromatic heterocycles. The SMILES string of the molecule is COc1cccc2c(O)cc3c(c12)[C@H](CCl)CN3C(=O)c1cc2cc(NC(=O)c3cn(CCOCCOCCOCCN)nn3)ccc2[nH]1. The molecule has 0 fully saturated rings. The quantitative estimate of drug-likeness (QED) is 0.0877. The number of rotatable bonds is 16. The van der Waals surface area contributed by atoms with Gasteiger partial charge in [0.1, 0.15) is 17.2 Å². The zero-order chi connectivity index (χ0) is 34.3. The second-order valence-corrected chi connectivity index (χ2v) is 11.7. The number of amides is 2. The van der Waals surface area contributed by atoms with Crippen molar-refractivity contribution in [3.05, 3.63) is 71.7 Å². The Morgan fingerprint density at radius 2 is 1.84 bits per heavy atom. The lowest BCUT2D eigenvalue weighted by atomic mass is 9.94. The predicted molar refractivity (Wildman–Crippen MR) is 185 cm³/mol. The predicted octanol–water partition coefficient (Wildman–Crippen LogP) is 3.87. The number of fused-ring (bicyclic) bond motifs is 4. The molecule has 0 aliphatic carbocycles. The molecule has 49 heavy (non-hydrogen) atoms. The third-order valence-corrected chi connectivity index (χ3v) is 8.60. The van der Waals surface area contributed by atoms with E-state index >= 15 is 0 Å². The number of alkyl halides is 1. The standard InChI is InChI=1S/C34H38ClN7O7/c1-46-30-4-2-3-24-29(43)17-28-31(32(24)30)22(18-35)19-42(28)34(45)26-16-21-15-23(5-6-25(21)38-26)37-33(44)27-20-41(40-39-27)8-10-48-12-14-49-13-11-47-9-7-36/h2-6,15-17,20,22,38,43H,7-14,18-19,36H2,1H3,(H,37,44)/t22-/m1/s1. The topological polar surface area (TPSA) is 179 Å². The van der Waals surface area contributed by atoms with Gasteiger partial charge in [0.2, 0.25) is 0 Å². The molecule has 1 aliphatic heterocycles. The Bertz CT molecular complexity index is 1950. The number of aromatic hydroxyl groups is 1. The third kappa shape index (κ3) is 7.48. The number of carbonyl (C=O) groups is 2. The van der Waals surface area contributed by atoms with Gasteiger partial charge in [0.15, 0.2) is 5.69 Å². The maximum Gasteiger partial charge on any atom is 0.277 e. The van der Waals surface area contributed by atoms with Gasteiger partial charge in [0, 0.05) is 58.3 Å². The Balaban J connectivity index is 1.08. The molecule has 14 nitrogen and oxygen atoms in total. The summed E-state index contributed by atoms with van der Waals surface area (Å²) in [5.41, 5.74) is 8.57. The molecule has 0 saturated carbocycles. The molecule has 0 saturated heterocycles. The summed E-state index contributed by atoms with van der Waals surface area (Å²) in [6, 6.07) is 14.1. The first kappa shape index (κ1) is 34.1. The van der Waals surface area contributed by atoms with Crippen LogP contribution in [0.5, 0.6) is 11.5 Å². The lowest BCUT2D eigenvalue weighted by Gasteiger charge is -2.18. The van der Waals surface area contributed by atoms with Gasteiger partial charge in [-0.2, -0.15) is 0 Å². The number of hydrogen-bond donors (Lipinski definition) is 4. The monoisotopic (exact) mass is 691 g/mol. The number of H-pyrrole nitrogens is 1. The fourth-order valence-corrected chi connectivity index (χ4v) is 6.18. The number of anilines is 2. The van der Waals surface area contributed by atoms with Gasteiger partial charge < -0.3 is 45.0 Å². The van der Waals surface area contributed by atoms with Crippen LogP contribution >= 0.6 is 11.6 Å². The summed E-state index contributed by atoms with van der Waals surface area (Å²) in [5, 5.41) is 23.8. The zero-order valence-corrected chi connectivity index (χ0v) is 27.7. The molecule has 0 spiro atoms. The Hall–Kier alpha value is -4.73. The Morgan fingerprint density at radius 1 is 1.06 bits per heavy atom. The average Bonchev–Trinajstić information content (AvgIpc) is 3.85. The van der Waals surface area contributed by atoms with Crippen molar-refractivity contribution >= 4 is 56.5 Å². The summed E-state index contributed by atoms with van der Waals surface area (Å²) in [4.78, 5) is 31.7. The number of benzene rings is 3. The number of hydrogen-bond acceptors (Lipinski definition) is 10. The van der Waals surface area contributed by atoms with E-state index in [0.29, 0.717) is 93.0 Å². The minimum Gasteiger partial charge on any atom is -0.507 e. The zero-order valence-electron chi connectivity index (χ0n) is 27.0. The lowest BCUT2D eigenvalue weighted by molar-refractivity contribution is 0.0141. The van der Waals surface area contributed by atoms with Crippen molar-refractivity contribution in [2.24, 2.45) is 5.73 Å². The molecule has 5 aromatic rings. The van der Waals surface area contributed by atoms with Crippen molar-refractivity contribution in [1.82, 2.24) is 20.0 Å². The Labute approximate surface area is 287 Å². The van der Waals surface area contributed by atoms with Gasteiger partial charge in [-0.25, -0.2) is 4.68 Å². The number of aromatic nitrogens is 4. The van der Waals surface area contributed by atoms with Crippen LogP contribution in [0.1, 0.15) is 32.5 Å². The number of phenols is 1. The summed E-state index contributed by atoms with van der Waals surface area (Å²) < 4.78 is 23.4. The Kier molecular flexibility index (Phi) is 10.9. The smallest absolute Gasteiger partial charge is 0.277 e. The van der Waals surface area contributed by atoms with Crippen LogP contribution < -0.4 is 20.7 Å².